The van der Waals surface area contributed by atoms with Crippen molar-refractivity contribution in [1.29, 1.82) is 0 Å². The van der Waals surface area contributed by atoms with Gasteiger partial charge in [-0.15, -0.1) is 0 Å². The predicted octanol–water partition coefficient (Wildman–Crippen LogP) is 2.17. The summed E-state index contributed by atoms with van der Waals surface area (Å²) in [6.45, 7) is 9.01. The number of carbonyl (C=O) groups is 2. The second-order valence-corrected chi connectivity index (χ2v) is 5.28. The monoisotopic (exact) mass is 242 g/mol. The highest BCUT2D eigenvalue weighted by Crippen LogP contribution is 2.17. The van der Waals surface area contributed by atoms with Gasteiger partial charge in [0.25, 0.3) is 5.91 Å². The fourth-order valence-electron chi connectivity index (χ4n) is 1.79. The summed E-state index contributed by atoms with van der Waals surface area (Å²) in [5.74, 6) is -0.108. The Morgan fingerprint density at radius 2 is 2.12 bits per heavy atom. The molecule has 0 saturated carbocycles. The molecular weight excluding hydrogens is 220 g/mol. The zero-order chi connectivity index (χ0) is 13.1. The molecule has 0 radical (unpaired) electrons. The van der Waals surface area contributed by atoms with E-state index in [1.807, 2.05) is 27.7 Å². The third kappa shape index (κ3) is 3.61. The van der Waals surface area contributed by atoms with Crippen molar-refractivity contribution in [3.63, 3.8) is 0 Å². The maximum Gasteiger partial charge on any atom is 0.434 e. The van der Waals surface area contributed by atoms with Gasteiger partial charge in [-0.1, -0.05) is 6.92 Å². The van der Waals surface area contributed by atoms with E-state index >= 15 is 0 Å². The summed E-state index contributed by atoms with van der Waals surface area (Å²) in [5.41, 5.74) is -0.296. The molecule has 0 atom stereocenters. The maximum absolute atomic E-state index is 12.0. The number of carbonyl (C=O) groups excluding carboxylic acids is 2. The molecule has 1 fully saturated rings. The minimum Gasteiger partial charge on any atom is -0.319 e. The fourth-order valence-corrected chi connectivity index (χ4v) is 1.79. The van der Waals surface area contributed by atoms with Crippen LogP contribution in [0.15, 0.2) is 0 Å². The van der Waals surface area contributed by atoms with Gasteiger partial charge in [0.1, 0.15) is 0 Å². The first-order chi connectivity index (χ1) is 7.86. The first-order valence-electron chi connectivity index (χ1n) is 6.16. The first-order valence-corrected chi connectivity index (χ1v) is 6.16. The fraction of sp³-hybridized carbons (Fsp3) is 0.833. The van der Waals surface area contributed by atoms with Crippen molar-refractivity contribution in [3.05, 3.63) is 0 Å². The van der Waals surface area contributed by atoms with Crippen molar-refractivity contribution in [2.45, 2.75) is 52.5 Å². The number of rotatable bonds is 3. The highest BCUT2D eigenvalue weighted by Gasteiger charge is 2.31. The Bertz CT molecular complexity index is 297. The molecule has 17 heavy (non-hydrogen) atoms. The standard InChI is InChI=1S/C12H22N2O3/c1-5-8-13(12(2,3)4)11(16)17-14-9-6-7-10(14)15/h5-9H2,1-4H3. The molecule has 0 aromatic heterocycles. The van der Waals surface area contributed by atoms with Gasteiger partial charge in [0.05, 0.1) is 6.54 Å². The van der Waals surface area contributed by atoms with Gasteiger partial charge < -0.3 is 9.74 Å². The summed E-state index contributed by atoms with van der Waals surface area (Å²) in [7, 11) is 0. The minimum atomic E-state index is -0.436. The van der Waals surface area contributed by atoms with E-state index in [9.17, 15) is 9.59 Å². The van der Waals surface area contributed by atoms with E-state index < -0.39 is 6.09 Å². The Kier molecular flexibility index (Phi) is 4.37. The van der Waals surface area contributed by atoms with Crippen molar-refractivity contribution in [1.82, 2.24) is 9.96 Å². The van der Waals surface area contributed by atoms with Gasteiger partial charge in [0.15, 0.2) is 0 Å². The minimum absolute atomic E-state index is 0.108. The van der Waals surface area contributed by atoms with Crippen LogP contribution in [-0.2, 0) is 9.63 Å². The number of hydrogen-bond acceptors (Lipinski definition) is 3. The van der Waals surface area contributed by atoms with Crippen LogP contribution in [0.3, 0.4) is 0 Å². The van der Waals surface area contributed by atoms with Crippen molar-refractivity contribution in [2.24, 2.45) is 0 Å². The van der Waals surface area contributed by atoms with Crippen molar-refractivity contribution < 1.29 is 14.4 Å². The Balaban J connectivity index is 2.62. The van der Waals surface area contributed by atoms with Crippen LogP contribution >= 0.6 is 0 Å². The molecule has 1 saturated heterocycles. The Morgan fingerprint density at radius 3 is 2.53 bits per heavy atom. The quantitative estimate of drug-likeness (QED) is 0.762. The second-order valence-electron chi connectivity index (χ2n) is 5.28. The van der Waals surface area contributed by atoms with E-state index in [-0.39, 0.29) is 11.4 Å². The van der Waals surface area contributed by atoms with Gasteiger partial charge in [-0.05, 0) is 33.6 Å². The molecular formula is C12H22N2O3. The number of nitrogens with zero attached hydrogens (tertiary/aromatic N) is 2. The van der Waals surface area contributed by atoms with E-state index in [0.717, 1.165) is 12.8 Å². The van der Waals surface area contributed by atoms with Crippen molar-refractivity contribution in [3.8, 4) is 0 Å². The predicted molar refractivity (Wildman–Crippen MR) is 64.2 cm³/mol. The molecule has 0 aliphatic carbocycles. The van der Waals surface area contributed by atoms with E-state index in [1.54, 1.807) is 4.90 Å². The summed E-state index contributed by atoms with van der Waals surface area (Å²) in [6, 6.07) is 0. The zero-order valence-corrected chi connectivity index (χ0v) is 11.2. The van der Waals surface area contributed by atoms with Crippen molar-refractivity contribution >= 4 is 12.0 Å². The second kappa shape index (κ2) is 5.38. The SMILES string of the molecule is CCCN(C(=O)ON1CCCC1=O)C(C)(C)C. The van der Waals surface area contributed by atoms with E-state index in [1.165, 1.54) is 5.06 Å². The summed E-state index contributed by atoms with van der Waals surface area (Å²) in [6.07, 6.45) is 1.65. The summed E-state index contributed by atoms with van der Waals surface area (Å²) < 4.78 is 0. The molecule has 2 amide bonds. The van der Waals surface area contributed by atoms with E-state index in [2.05, 4.69) is 0 Å². The van der Waals surface area contributed by atoms with Crippen LogP contribution < -0.4 is 0 Å². The molecule has 0 bridgehead atoms. The van der Waals surface area contributed by atoms with Crippen LogP contribution in [0, 0.1) is 0 Å². The maximum atomic E-state index is 12.0. The Labute approximate surface area is 103 Å². The topological polar surface area (TPSA) is 49.9 Å². The van der Waals surface area contributed by atoms with Crippen molar-refractivity contribution in [2.75, 3.05) is 13.1 Å². The van der Waals surface area contributed by atoms with Gasteiger partial charge in [-0.3, -0.25) is 4.79 Å². The van der Waals surface area contributed by atoms with Gasteiger partial charge in [-0.2, -0.15) is 5.06 Å². The van der Waals surface area contributed by atoms with Gasteiger partial charge in [-0.25, -0.2) is 4.79 Å². The summed E-state index contributed by atoms with van der Waals surface area (Å²) in [5, 5.41) is 1.18. The molecule has 98 valence electrons. The van der Waals surface area contributed by atoms with E-state index in [4.69, 9.17) is 4.84 Å². The molecule has 1 aliphatic heterocycles. The molecule has 0 aromatic carbocycles. The van der Waals surface area contributed by atoms with Crippen LogP contribution in [0.2, 0.25) is 0 Å². The number of hydrogen-bond donors (Lipinski definition) is 0. The lowest BCUT2D eigenvalue weighted by Gasteiger charge is -2.35. The third-order valence-electron chi connectivity index (χ3n) is 2.70. The van der Waals surface area contributed by atoms with Gasteiger partial charge in [0.2, 0.25) is 0 Å². The lowest BCUT2D eigenvalue weighted by atomic mass is 10.1. The molecule has 0 N–H and O–H groups in total. The smallest absolute Gasteiger partial charge is 0.319 e. The molecule has 5 heteroatoms. The van der Waals surface area contributed by atoms with Crippen LogP contribution in [-0.4, -0.2) is 40.6 Å². The highest BCUT2D eigenvalue weighted by atomic mass is 16.7. The molecule has 0 aromatic rings. The van der Waals surface area contributed by atoms with E-state index in [0.29, 0.717) is 19.5 Å². The highest BCUT2D eigenvalue weighted by molar-refractivity contribution is 5.79. The first kappa shape index (κ1) is 13.8. The molecule has 0 unspecified atom stereocenters. The number of hydroxylamine groups is 2. The zero-order valence-electron chi connectivity index (χ0n) is 11.2. The molecule has 1 rings (SSSR count). The molecule has 0 spiro atoms. The van der Waals surface area contributed by atoms with Crippen LogP contribution in [0.25, 0.3) is 0 Å². The average Bonchev–Trinajstić information content (AvgIpc) is 2.59. The Morgan fingerprint density at radius 1 is 1.47 bits per heavy atom. The summed E-state index contributed by atoms with van der Waals surface area (Å²) in [4.78, 5) is 30.1. The molecule has 1 aliphatic rings. The largest absolute Gasteiger partial charge is 0.434 e. The van der Waals surface area contributed by atoms with Gasteiger partial charge in [0, 0.05) is 18.5 Å². The normalized spacial score (nSPS) is 16.2. The molecule has 1 heterocycles. The summed E-state index contributed by atoms with van der Waals surface area (Å²) >= 11 is 0. The van der Waals surface area contributed by atoms with Crippen LogP contribution in [0.1, 0.15) is 47.0 Å². The Hall–Kier alpha value is -1.26. The third-order valence-corrected chi connectivity index (χ3v) is 2.70. The van der Waals surface area contributed by atoms with Crippen LogP contribution in [0.5, 0.6) is 0 Å². The van der Waals surface area contributed by atoms with Crippen LogP contribution in [0.4, 0.5) is 4.79 Å². The number of amides is 2. The lowest BCUT2D eigenvalue weighted by Crippen LogP contribution is -2.48. The van der Waals surface area contributed by atoms with Gasteiger partial charge >= 0.3 is 6.09 Å². The molecule has 5 nitrogen and oxygen atoms in total. The lowest BCUT2D eigenvalue weighted by molar-refractivity contribution is -0.161. The average molecular weight is 242 g/mol.